The molecule has 19 heteroatoms. The summed E-state index contributed by atoms with van der Waals surface area (Å²) in [6, 6.07) is 121. The third kappa shape index (κ3) is 23.8. The molecule has 14 nitrogen and oxygen atoms in total. The van der Waals surface area contributed by atoms with Crippen molar-refractivity contribution in [3.8, 4) is 114 Å². The minimum Gasteiger partial charge on any atom is -0.488 e. The van der Waals surface area contributed by atoms with E-state index in [-0.39, 0.29) is 0 Å². The van der Waals surface area contributed by atoms with Gasteiger partial charge in [0.25, 0.3) is 0 Å². The van der Waals surface area contributed by atoms with E-state index in [0.717, 1.165) is 156 Å². The molecule has 10 aromatic carbocycles. The molecule has 2 atom stereocenters. The van der Waals surface area contributed by atoms with Crippen LogP contribution in [0, 0.1) is 0 Å². The maximum atomic E-state index is 10.9. The Labute approximate surface area is 758 Å². The van der Waals surface area contributed by atoms with Gasteiger partial charge in [0.1, 0.15) is 43.5 Å². The van der Waals surface area contributed by atoms with Crippen LogP contribution in [0.1, 0.15) is 54.1 Å². The molecule has 0 aliphatic carbocycles. The number of benzene rings is 10. The molecule has 0 aliphatic rings. The Bertz CT molecular complexity index is 6410. The molecule has 20 rings (SSSR count). The number of thiazole rings is 5. The van der Waals surface area contributed by atoms with Gasteiger partial charge in [-0.3, -0.25) is 29.9 Å². The fourth-order valence-corrected chi connectivity index (χ4v) is 18.5. The van der Waals surface area contributed by atoms with E-state index in [1.807, 2.05) is 328 Å². The fraction of sp³-hybridized carbons (Fsp3) is 0.0463. The summed E-state index contributed by atoms with van der Waals surface area (Å²) in [4.78, 5) is 55.0. The van der Waals surface area contributed by atoms with Crippen LogP contribution in [0.25, 0.3) is 120 Å². The summed E-state index contributed by atoms with van der Waals surface area (Å²) in [6.45, 7) is 0.492. The van der Waals surface area contributed by atoms with Gasteiger partial charge in [-0.1, -0.05) is 285 Å². The van der Waals surface area contributed by atoms with Crippen molar-refractivity contribution < 1.29 is 14.9 Å². The number of ether oxygens (including phenoxy) is 1. The summed E-state index contributed by atoms with van der Waals surface area (Å²) in [5, 5.41) is 26.5. The van der Waals surface area contributed by atoms with Gasteiger partial charge in [-0.05, 0) is 113 Å². The Morgan fingerprint density at radius 3 is 1.08 bits per heavy atom. The van der Waals surface area contributed by atoms with Crippen LogP contribution in [0.3, 0.4) is 0 Å². The van der Waals surface area contributed by atoms with Crippen LogP contribution < -0.4 is 4.74 Å². The van der Waals surface area contributed by atoms with Crippen molar-refractivity contribution in [1.82, 2.24) is 49.8 Å². The molecular formula is C108H83N11O3S5. The van der Waals surface area contributed by atoms with Crippen LogP contribution in [0.4, 0.5) is 5.69 Å². The molecule has 618 valence electrons. The maximum Gasteiger partial charge on any atom is 0.126 e. The normalized spacial score (nSPS) is 11.4. The van der Waals surface area contributed by atoms with Gasteiger partial charge in [-0.15, -0.1) is 56.7 Å². The molecule has 2 unspecified atom stereocenters. The molecule has 0 saturated carbocycles. The maximum absolute atomic E-state index is 10.9. The van der Waals surface area contributed by atoms with Gasteiger partial charge in [-0.2, -0.15) is 0 Å². The third-order valence-electron chi connectivity index (χ3n) is 19.7. The summed E-state index contributed by atoms with van der Waals surface area (Å²) in [5.41, 5.74) is 19.2. The average molecular weight is 1740 g/mol. The van der Waals surface area contributed by atoms with Crippen LogP contribution in [0.15, 0.2) is 431 Å². The van der Waals surface area contributed by atoms with Crippen LogP contribution >= 0.6 is 56.7 Å². The quantitative estimate of drug-likeness (QED) is 0.0576. The molecule has 0 bridgehead atoms. The van der Waals surface area contributed by atoms with Gasteiger partial charge in [0.15, 0.2) is 0 Å². The van der Waals surface area contributed by atoms with Gasteiger partial charge in [0, 0.05) is 131 Å². The molecule has 2 N–H and O–H groups in total. The number of nitrogens with zero attached hydrogens (tertiary/aromatic N) is 11. The molecule has 0 aliphatic heterocycles. The number of aliphatic hydroxyl groups is 2. The Morgan fingerprint density at radius 2 is 0.630 bits per heavy atom. The van der Waals surface area contributed by atoms with E-state index in [4.69, 9.17) is 29.7 Å². The lowest BCUT2D eigenvalue weighted by Crippen LogP contribution is -2.03. The molecule has 0 saturated heterocycles. The first-order chi connectivity index (χ1) is 62.8. The highest BCUT2D eigenvalue weighted by molar-refractivity contribution is 7.19. The molecule has 127 heavy (non-hydrogen) atoms. The lowest BCUT2D eigenvalue weighted by atomic mass is 10.0. The lowest BCUT2D eigenvalue weighted by Gasteiger charge is -2.10. The van der Waals surface area contributed by atoms with E-state index in [1.165, 1.54) is 16.9 Å². The van der Waals surface area contributed by atoms with Crippen molar-refractivity contribution in [2.75, 3.05) is 0 Å². The number of aromatic nitrogens is 10. The summed E-state index contributed by atoms with van der Waals surface area (Å²) in [6.07, 6.45) is 24.0. The van der Waals surface area contributed by atoms with Gasteiger partial charge in [0.05, 0.1) is 64.6 Å². The number of aliphatic imine (C=N–C) groups is 1. The third-order valence-corrected chi connectivity index (χ3v) is 25.2. The zero-order valence-electron chi connectivity index (χ0n) is 68.7. The van der Waals surface area contributed by atoms with Gasteiger partial charge < -0.3 is 14.9 Å². The fourth-order valence-electron chi connectivity index (χ4n) is 13.4. The smallest absolute Gasteiger partial charge is 0.126 e. The summed E-state index contributed by atoms with van der Waals surface area (Å²) in [5.74, 6) is 0.859. The standard InChI is InChI=1S/2C22H18N2OS.C22H16N2S.C21H15N3S.C21H16N2OS/c25-19(14-16-8-3-1-4-9-16)20-21(17-10-5-2-6-11-17)26-22(24-20)18-12-7-13-23-15-18;25-19(14-16-8-3-1-4-9-16)21-20(17-10-5-2-6-11-17)24-22(26-21)18-12-7-13-23-15-18;1-3-8-17(9-4-1)13-14-20-21(18-10-5-2-6-11-18)24-22(25-20)19-12-7-15-23-16-19;1-3-8-16(9-4-1)20-19(15-23-18-11-5-2-6-12-18)25-21(24-20)17-10-7-13-22-14-17;1-3-8-16(9-4-1)20-19(15-24-18-11-5-2-6-12-18)25-21(23-20)17-10-7-13-22-14-17/h2*1-13,15,19,25H,14H2;1-16H;1-15H;1-14H,15H2/b;;14-13+;;. The van der Waals surface area contributed by atoms with Crippen LogP contribution in [-0.2, 0) is 19.4 Å². The minimum absolute atomic E-state index is 0.492. The van der Waals surface area contributed by atoms with Crippen molar-refractivity contribution in [2.24, 2.45) is 4.99 Å². The lowest BCUT2D eigenvalue weighted by molar-refractivity contribution is 0.175. The van der Waals surface area contributed by atoms with Crippen molar-refractivity contribution in [2.45, 2.75) is 31.7 Å². The van der Waals surface area contributed by atoms with E-state index in [9.17, 15) is 10.2 Å². The molecule has 10 aromatic heterocycles. The van der Waals surface area contributed by atoms with Gasteiger partial charge in [0.2, 0.25) is 0 Å². The number of hydrogen-bond acceptors (Lipinski definition) is 19. The second kappa shape index (κ2) is 44.5. The van der Waals surface area contributed by atoms with Crippen LogP contribution in [0.5, 0.6) is 5.75 Å². The molecule has 0 amide bonds. The molecule has 0 spiro atoms. The largest absolute Gasteiger partial charge is 0.488 e. The first-order valence-corrected chi connectivity index (χ1v) is 45.2. The highest BCUT2D eigenvalue weighted by Crippen LogP contribution is 2.43. The zero-order chi connectivity index (χ0) is 86.2. The number of para-hydroxylation sites is 2. The van der Waals surface area contributed by atoms with Crippen LogP contribution in [0.2, 0.25) is 0 Å². The molecular weight excluding hydrogens is 1660 g/mol. The number of pyridine rings is 5. The number of rotatable bonds is 23. The number of aliphatic hydroxyl groups excluding tert-OH is 2. The molecule has 0 fully saturated rings. The monoisotopic (exact) mass is 1740 g/mol. The topological polar surface area (TPSA) is 191 Å². The molecule has 0 radical (unpaired) electrons. The van der Waals surface area contributed by atoms with Gasteiger partial charge in [-0.25, -0.2) is 24.9 Å². The van der Waals surface area contributed by atoms with E-state index < -0.39 is 12.2 Å². The van der Waals surface area contributed by atoms with E-state index in [1.54, 1.807) is 88.7 Å². The molecule has 20 aromatic rings. The van der Waals surface area contributed by atoms with Crippen LogP contribution in [-0.4, -0.2) is 66.3 Å². The zero-order valence-corrected chi connectivity index (χ0v) is 72.8. The SMILES string of the molecule is C(=C\c1sc(-c2cccnc2)nc1-c1ccccc1)/c1ccccc1.C(=Nc1ccccc1)c1sc(-c2cccnc2)nc1-c1ccccc1.OC(Cc1ccccc1)c1nc(-c2cccnc2)sc1-c1ccccc1.OC(Cc1ccccc1)c1sc(-c2cccnc2)nc1-c1ccccc1.c1ccc(OCc2sc(-c3cccnc3)nc2-c2ccccc2)cc1. The van der Waals surface area contributed by atoms with E-state index in [0.29, 0.717) is 19.4 Å². The summed E-state index contributed by atoms with van der Waals surface area (Å²) >= 11 is 8.09. The van der Waals surface area contributed by atoms with Crippen molar-refractivity contribution >= 4 is 80.7 Å². The second-order valence-corrected chi connectivity index (χ2v) is 33.8. The van der Waals surface area contributed by atoms with Crippen molar-refractivity contribution in [3.63, 3.8) is 0 Å². The first-order valence-electron chi connectivity index (χ1n) is 41.1. The Hall–Kier alpha value is -14.8. The Morgan fingerprint density at radius 1 is 0.291 bits per heavy atom. The number of hydrogen-bond donors (Lipinski definition) is 2. The van der Waals surface area contributed by atoms with Crippen molar-refractivity contribution in [3.05, 3.63) is 468 Å². The van der Waals surface area contributed by atoms with E-state index >= 15 is 0 Å². The molecule has 10 heterocycles. The second-order valence-electron chi connectivity index (χ2n) is 28.6. The summed E-state index contributed by atoms with van der Waals surface area (Å²) in [7, 11) is 0. The Balaban J connectivity index is 0.000000117. The predicted octanol–water partition coefficient (Wildman–Crippen LogP) is 27.4. The van der Waals surface area contributed by atoms with E-state index in [2.05, 4.69) is 103 Å². The van der Waals surface area contributed by atoms with Crippen molar-refractivity contribution in [1.29, 1.82) is 0 Å². The van der Waals surface area contributed by atoms with Gasteiger partial charge >= 0.3 is 0 Å². The highest BCUT2D eigenvalue weighted by Gasteiger charge is 2.25. The predicted molar refractivity (Wildman–Crippen MR) is 524 cm³/mol. The summed E-state index contributed by atoms with van der Waals surface area (Å²) < 4.78 is 5.96. The Kier molecular flexibility index (Phi) is 30.1. The highest BCUT2D eigenvalue weighted by atomic mass is 32.1. The minimum atomic E-state index is -0.658. The first kappa shape index (κ1) is 85.8. The average Bonchev–Trinajstić information content (AvgIpc) is 2.19.